The SMILES string of the molecule is CC(CCc1ccccc1)NC(=O)C1CCN(C(=O)C2CC(=O)N(c3ccccc3)C2)CC1. The number of rotatable bonds is 7. The summed E-state index contributed by atoms with van der Waals surface area (Å²) in [6.45, 7) is 3.63. The second kappa shape index (κ2) is 10.6. The van der Waals surface area contributed by atoms with Gasteiger partial charge in [-0.25, -0.2) is 0 Å². The van der Waals surface area contributed by atoms with Crippen LogP contribution in [0.25, 0.3) is 0 Å². The molecule has 2 aliphatic rings. The van der Waals surface area contributed by atoms with Gasteiger partial charge in [-0.15, -0.1) is 0 Å². The van der Waals surface area contributed by atoms with Gasteiger partial charge >= 0.3 is 0 Å². The van der Waals surface area contributed by atoms with Gasteiger partial charge in [-0.3, -0.25) is 14.4 Å². The van der Waals surface area contributed by atoms with E-state index in [-0.39, 0.29) is 42.0 Å². The number of benzene rings is 2. The van der Waals surface area contributed by atoms with E-state index < -0.39 is 0 Å². The maximum Gasteiger partial charge on any atom is 0.228 e. The number of likely N-dealkylation sites (tertiary alicyclic amines) is 1. The van der Waals surface area contributed by atoms with E-state index >= 15 is 0 Å². The number of piperidine rings is 1. The minimum absolute atomic E-state index is 0.00157. The fraction of sp³-hybridized carbons (Fsp3) is 0.444. The van der Waals surface area contributed by atoms with E-state index in [1.807, 2.05) is 53.4 Å². The molecular weight excluding hydrogens is 414 g/mol. The van der Waals surface area contributed by atoms with Crippen LogP contribution < -0.4 is 10.2 Å². The molecule has 0 spiro atoms. The van der Waals surface area contributed by atoms with Crippen molar-refractivity contribution < 1.29 is 14.4 Å². The number of amides is 3. The van der Waals surface area contributed by atoms with Crippen molar-refractivity contribution in [3.63, 3.8) is 0 Å². The molecule has 3 amide bonds. The summed E-state index contributed by atoms with van der Waals surface area (Å²) < 4.78 is 0. The molecule has 2 saturated heterocycles. The molecular formula is C27H33N3O3. The Kier molecular flexibility index (Phi) is 7.43. The van der Waals surface area contributed by atoms with E-state index in [9.17, 15) is 14.4 Å². The van der Waals surface area contributed by atoms with Crippen molar-refractivity contribution in [1.82, 2.24) is 10.2 Å². The highest BCUT2D eigenvalue weighted by atomic mass is 16.2. The topological polar surface area (TPSA) is 69.7 Å². The molecule has 2 heterocycles. The average Bonchev–Trinajstić information content (AvgIpc) is 3.25. The van der Waals surface area contributed by atoms with Gasteiger partial charge < -0.3 is 15.1 Å². The monoisotopic (exact) mass is 447 g/mol. The number of nitrogens with one attached hydrogen (secondary N) is 1. The van der Waals surface area contributed by atoms with Gasteiger partial charge in [-0.1, -0.05) is 48.5 Å². The number of hydrogen-bond donors (Lipinski definition) is 1. The fourth-order valence-corrected chi connectivity index (χ4v) is 4.81. The maximum atomic E-state index is 13.0. The molecule has 2 aromatic rings. The van der Waals surface area contributed by atoms with Gasteiger partial charge in [0.05, 0.1) is 5.92 Å². The zero-order valence-corrected chi connectivity index (χ0v) is 19.3. The Morgan fingerprint density at radius 3 is 2.27 bits per heavy atom. The number of anilines is 1. The molecule has 2 aliphatic heterocycles. The van der Waals surface area contributed by atoms with Crippen LogP contribution in [-0.4, -0.2) is 48.3 Å². The molecule has 6 nitrogen and oxygen atoms in total. The number of para-hydroxylation sites is 1. The third-order valence-electron chi connectivity index (χ3n) is 6.82. The lowest BCUT2D eigenvalue weighted by molar-refractivity contribution is -0.139. The number of carbonyl (C=O) groups excluding carboxylic acids is 3. The predicted octanol–water partition coefficient (Wildman–Crippen LogP) is 3.42. The molecule has 6 heteroatoms. The van der Waals surface area contributed by atoms with Crippen LogP contribution in [0.1, 0.15) is 38.2 Å². The van der Waals surface area contributed by atoms with Crippen LogP contribution in [0.3, 0.4) is 0 Å². The molecule has 0 bridgehead atoms. The van der Waals surface area contributed by atoms with Crippen LogP contribution in [0, 0.1) is 11.8 Å². The summed E-state index contributed by atoms with van der Waals surface area (Å²) in [5.41, 5.74) is 2.12. The number of nitrogens with zero attached hydrogens (tertiary/aromatic N) is 2. The highest BCUT2D eigenvalue weighted by molar-refractivity contribution is 6.00. The van der Waals surface area contributed by atoms with Crippen LogP contribution >= 0.6 is 0 Å². The summed E-state index contributed by atoms with van der Waals surface area (Å²) in [6, 6.07) is 19.9. The first kappa shape index (κ1) is 23.0. The van der Waals surface area contributed by atoms with Crippen LogP contribution in [-0.2, 0) is 20.8 Å². The summed E-state index contributed by atoms with van der Waals surface area (Å²) in [6.07, 6.45) is 3.45. The third-order valence-corrected chi connectivity index (χ3v) is 6.82. The van der Waals surface area contributed by atoms with Crippen molar-refractivity contribution in [2.75, 3.05) is 24.5 Å². The van der Waals surface area contributed by atoms with Crippen LogP contribution in [0.15, 0.2) is 60.7 Å². The third kappa shape index (κ3) is 5.81. The first-order valence-corrected chi connectivity index (χ1v) is 12.0. The Morgan fingerprint density at radius 2 is 1.61 bits per heavy atom. The molecule has 2 fully saturated rings. The molecule has 2 unspecified atom stereocenters. The predicted molar refractivity (Wildman–Crippen MR) is 129 cm³/mol. The molecule has 0 aliphatic carbocycles. The summed E-state index contributed by atoms with van der Waals surface area (Å²) in [7, 11) is 0. The van der Waals surface area contributed by atoms with Gasteiger partial charge in [0.25, 0.3) is 0 Å². The Labute approximate surface area is 196 Å². The highest BCUT2D eigenvalue weighted by Crippen LogP contribution is 2.28. The van der Waals surface area contributed by atoms with Crippen LogP contribution in [0.2, 0.25) is 0 Å². The van der Waals surface area contributed by atoms with Gasteiger partial charge in [0.15, 0.2) is 0 Å². The first-order valence-electron chi connectivity index (χ1n) is 12.0. The van der Waals surface area contributed by atoms with Gasteiger partial charge in [0.2, 0.25) is 17.7 Å². The molecule has 0 radical (unpaired) electrons. The quantitative estimate of drug-likeness (QED) is 0.707. The summed E-state index contributed by atoms with van der Waals surface area (Å²) in [5, 5.41) is 3.16. The lowest BCUT2D eigenvalue weighted by Gasteiger charge is -2.33. The molecule has 33 heavy (non-hydrogen) atoms. The maximum absolute atomic E-state index is 13.0. The standard InChI is InChI=1S/C27H33N3O3/c1-20(12-13-21-8-4-2-5-9-21)28-26(32)22-14-16-29(17-15-22)27(33)23-18-25(31)30(19-23)24-10-6-3-7-11-24/h2-11,20,22-23H,12-19H2,1H3,(H,28,32). The largest absolute Gasteiger partial charge is 0.353 e. The van der Waals surface area contributed by atoms with Crippen molar-refractivity contribution in [3.8, 4) is 0 Å². The summed E-state index contributed by atoms with van der Waals surface area (Å²) >= 11 is 0. The minimum Gasteiger partial charge on any atom is -0.353 e. The van der Waals surface area contributed by atoms with E-state index in [1.54, 1.807) is 4.90 Å². The van der Waals surface area contributed by atoms with Gasteiger partial charge in [0.1, 0.15) is 0 Å². The second-order valence-corrected chi connectivity index (χ2v) is 9.27. The van der Waals surface area contributed by atoms with Crippen LogP contribution in [0.5, 0.6) is 0 Å². The zero-order chi connectivity index (χ0) is 23.2. The molecule has 0 saturated carbocycles. The minimum atomic E-state index is -0.305. The molecule has 4 rings (SSSR count). The first-order chi connectivity index (χ1) is 16.0. The second-order valence-electron chi connectivity index (χ2n) is 9.27. The van der Waals surface area contributed by atoms with Crippen molar-refractivity contribution >= 4 is 23.4 Å². The van der Waals surface area contributed by atoms with Crippen molar-refractivity contribution in [1.29, 1.82) is 0 Å². The normalized spacial score (nSPS) is 20.0. The fourth-order valence-electron chi connectivity index (χ4n) is 4.81. The van der Waals surface area contributed by atoms with E-state index in [4.69, 9.17) is 0 Å². The Morgan fingerprint density at radius 1 is 0.970 bits per heavy atom. The smallest absolute Gasteiger partial charge is 0.228 e. The highest BCUT2D eigenvalue weighted by Gasteiger charge is 2.38. The molecule has 1 N–H and O–H groups in total. The Balaban J connectivity index is 1.22. The van der Waals surface area contributed by atoms with Gasteiger partial charge in [-0.2, -0.15) is 0 Å². The lowest BCUT2D eigenvalue weighted by Crippen LogP contribution is -2.46. The number of carbonyl (C=O) groups is 3. The molecule has 174 valence electrons. The Hall–Kier alpha value is -3.15. The van der Waals surface area contributed by atoms with E-state index in [0.717, 1.165) is 18.5 Å². The zero-order valence-electron chi connectivity index (χ0n) is 19.3. The van der Waals surface area contributed by atoms with E-state index in [2.05, 4.69) is 24.4 Å². The van der Waals surface area contributed by atoms with E-state index in [0.29, 0.717) is 32.5 Å². The van der Waals surface area contributed by atoms with Crippen molar-refractivity contribution in [2.24, 2.45) is 11.8 Å². The number of aryl methyl sites for hydroxylation is 1. The van der Waals surface area contributed by atoms with E-state index in [1.165, 1.54) is 5.56 Å². The summed E-state index contributed by atoms with van der Waals surface area (Å²) in [5.74, 6) is -0.232. The van der Waals surface area contributed by atoms with Crippen LogP contribution in [0.4, 0.5) is 5.69 Å². The van der Waals surface area contributed by atoms with Crippen molar-refractivity contribution in [2.45, 2.75) is 45.1 Å². The summed E-state index contributed by atoms with van der Waals surface area (Å²) in [4.78, 5) is 41.8. The lowest BCUT2D eigenvalue weighted by atomic mass is 9.94. The average molecular weight is 448 g/mol. The van der Waals surface area contributed by atoms with Gasteiger partial charge in [0, 0.05) is 43.7 Å². The van der Waals surface area contributed by atoms with Gasteiger partial charge in [-0.05, 0) is 50.3 Å². The van der Waals surface area contributed by atoms with Crippen molar-refractivity contribution in [3.05, 3.63) is 66.2 Å². The molecule has 2 aromatic carbocycles. The number of hydrogen-bond acceptors (Lipinski definition) is 3. The molecule has 2 atom stereocenters. The Bertz CT molecular complexity index is 955. The molecule has 0 aromatic heterocycles.